The number of anilines is 1. The molecule has 1 rings (SSSR count). The topological polar surface area (TPSA) is 61.9 Å². The van der Waals surface area contributed by atoms with Gasteiger partial charge in [0.15, 0.2) is 0 Å². The lowest BCUT2D eigenvalue weighted by molar-refractivity contribution is -0.132. The van der Waals surface area contributed by atoms with E-state index in [1.807, 2.05) is 37.8 Å². The lowest BCUT2D eigenvalue weighted by Gasteiger charge is -2.24. The van der Waals surface area contributed by atoms with Gasteiger partial charge in [-0.2, -0.15) is 0 Å². The Morgan fingerprint density at radius 1 is 1.04 bits per heavy atom. The van der Waals surface area contributed by atoms with Crippen LogP contribution in [-0.2, 0) is 9.59 Å². The van der Waals surface area contributed by atoms with Gasteiger partial charge >= 0.3 is 0 Å². The second-order valence-corrected chi connectivity index (χ2v) is 5.12. The van der Waals surface area contributed by atoms with E-state index in [1.54, 1.807) is 24.1 Å². The number of amides is 2. The van der Waals surface area contributed by atoms with E-state index in [4.69, 9.17) is 4.74 Å². The SMILES string of the molecule is CCN(CC(=O)Nc1ccccc1OC)CC(=O)N(CC)CC. The Morgan fingerprint density at radius 3 is 2.26 bits per heavy atom. The number of para-hydroxylation sites is 2. The molecule has 6 heteroatoms. The Kier molecular flexibility index (Phi) is 8.11. The minimum Gasteiger partial charge on any atom is -0.495 e. The van der Waals surface area contributed by atoms with E-state index >= 15 is 0 Å². The quantitative estimate of drug-likeness (QED) is 0.754. The number of hydrogen-bond acceptors (Lipinski definition) is 4. The first-order valence-corrected chi connectivity index (χ1v) is 7.98. The normalized spacial score (nSPS) is 10.5. The number of nitrogens with one attached hydrogen (secondary N) is 1. The van der Waals surface area contributed by atoms with Crippen LogP contribution in [0.25, 0.3) is 0 Å². The third kappa shape index (κ3) is 5.90. The van der Waals surface area contributed by atoms with Gasteiger partial charge in [-0.25, -0.2) is 0 Å². The van der Waals surface area contributed by atoms with Gasteiger partial charge in [0, 0.05) is 13.1 Å². The van der Waals surface area contributed by atoms with Crippen molar-refractivity contribution >= 4 is 17.5 Å². The van der Waals surface area contributed by atoms with Gasteiger partial charge in [0.05, 0.1) is 25.9 Å². The Bertz CT molecular complexity index is 516. The third-order valence-corrected chi connectivity index (χ3v) is 3.67. The molecule has 0 atom stereocenters. The van der Waals surface area contributed by atoms with E-state index in [0.717, 1.165) is 0 Å². The summed E-state index contributed by atoms with van der Waals surface area (Å²) < 4.78 is 5.21. The highest BCUT2D eigenvalue weighted by molar-refractivity contribution is 5.94. The summed E-state index contributed by atoms with van der Waals surface area (Å²) in [5.41, 5.74) is 0.631. The molecule has 1 aromatic carbocycles. The molecule has 6 nitrogen and oxygen atoms in total. The van der Waals surface area contributed by atoms with Gasteiger partial charge in [0.1, 0.15) is 5.75 Å². The fraction of sp³-hybridized carbons (Fsp3) is 0.529. The molecule has 0 aliphatic heterocycles. The minimum atomic E-state index is -0.163. The van der Waals surface area contributed by atoms with Crippen molar-refractivity contribution in [3.05, 3.63) is 24.3 Å². The van der Waals surface area contributed by atoms with Crippen molar-refractivity contribution in [1.29, 1.82) is 0 Å². The first kappa shape index (κ1) is 19.0. The molecule has 1 aromatic rings. The van der Waals surface area contributed by atoms with Crippen LogP contribution in [-0.4, -0.2) is 61.4 Å². The average Bonchev–Trinajstić information content (AvgIpc) is 2.55. The van der Waals surface area contributed by atoms with E-state index in [1.165, 1.54) is 0 Å². The molecule has 0 aliphatic rings. The number of nitrogens with zero attached hydrogens (tertiary/aromatic N) is 2. The van der Waals surface area contributed by atoms with Crippen LogP contribution in [0.4, 0.5) is 5.69 Å². The number of benzene rings is 1. The Labute approximate surface area is 138 Å². The summed E-state index contributed by atoms with van der Waals surface area (Å²) in [6.45, 7) is 8.25. The molecule has 0 aliphatic carbocycles. The second kappa shape index (κ2) is 9.84. The van der Waals surface area contributed by atoms with Gasteiger partial charge in [-0.1, -0.05) is 19.1 Å². The third-order valence-electron chi connectivity index (χ3n) is 3.67. The van der Waals surface area contributed by atoms with E-state index in [-0.39, 0.29) is 24.9 Å². The molecule has 0 saturated carbocycles. The highest BCUT2D eigenvalue weighted by atomic mass is 16.5. The van der Waals surface area contributed by atoms with Crippen LogP contribution in [0.15, 0.2) is 24.3 Å². The standard InChI is InChI=1S/C17H27N3O3/c1-5-19(13-17(22)20(6-2)7-3)12-16(21)18-14-10-8-9-11-15(14)23-4/h8-11H,5-7,12-13H2,1-4H3,(H,18,21). The van der Waals surface area contributed by atoms with Crippen molar-refractivity contribution < 1.29 is 14.3 Å². The van der Waals surface area contributed by atoms with E-state index in [0.29, 0.717) is 31.1 Å². The molecule has 0 saturated heterocycles. The lowest BCUT2D eigenvalue weighted by atomic mass is 10.3. The van der Waals surface area contributed by atoms with Crippen LogP contribution >= 0.6 is 0 Å². The number of carbonyl (C=O) groups excluding carboxylic acids is 2. The molecule has 0 bridgehead atoms. The van der Waals surface area contributed by atoms with Gasteiger partial charge in [0.2, 0.25) is 11.8 Å². The zero-order chi connectivity index (χ0) is 17.2. The molecular formula is C17H27N3O3. The molecule has 0 fully saturated rings. The lowest BCUT2D eigenvalue weighted by Crippen LogP contribution is -2.43. The van der Waals surface area contributed by atoms with E-state index in [2.05, 4.69) is 5.32 Å². The molecule has 1 N–H and O–H groups in total. The fourth-order valence-electron chi connectivity index (χ4n) is 2.29. The fourth-order valence-corrected chi connectivity index (χ4v) is 2.29. The first-order valence-electron chi connectivity index (χ1n) is 7.98. The summed E-state index contributed by atoms with van der Waals surface area (Å²) in [5.74, 6) is 0.494. The van der Waals surface area contributed by atoms with Crippen molar-refractivity contribution in [2.24, 2.45) is 0 Å². The predicted molar refractivity (Wildman–Crippen MR) is 91.7 cm³/mol. The number of methoxy groups -OCH3 is 1. The van der Waals surface area contributed by atoms with Gasteiger partial charge in [-0.05, 0) is 32.5 Å². The number of likely N-dealkylation sites (N-methyl/N-ethyl adjacent to an activating group) is 2. The summed E-state index contributed by atoms with van der Waals surface area (Å²) in [6.07, 6.45) is 0. The molecule has 128 valence electrons. The van der Waals surface area contributed by atoms with Crippen LogP contribution in [0.2, 0.25) is 0 Å². The molecule has 0 heterocycles. The van der Waals surface area contributed by atoms with E-state index < -0.39 is 0 Å². The van der Waals surface area contributed by atoms with Gasteiger partial charge in [-0.15, -0.1) is 0 Å². The maximum absolute atomic E-state index is 12.2. The van der Waals surface area contributed by atoms with Crippen molar-refractivity contribution in [1.82, 2.24) is 9.80 Å². The zero-order valence-electron chi connectivity index (χ0n) is 14.5. The second-order valence-electron chi connectivity index (χ2n) is 5.12. The molecule has 23 heavy (non-hydrogen) atoms. The highest BCUT2D eigenvalue weighted by Gasteiger charge is 2.17. The van der Waals surface area contributed by atoms with Crippen molar-refractivity contribution in [3.8, 4) is 5.75 Å². The van der Waals surface area contributed by atoms with Gasteiger partial charge in [-0.3, -0.25) is 14.5 Å². The molecule has 0 spiro atoms. The Balaban J connectivity index is 2.61. The number of hydrogen-bond donors (Lipinski definition) is 1. The zero-order valence-corrected chi connectivity index (χ0v) is 14.5. The highest BCUT2D eigenvalue weighted by Crippen LogP contribution is 2.22. The molecule has 2 amide bonds. The van der Waals surface area contributed by atoms with Crippen molar-refractivity contribution in [2.75, 3.05) is 45.2 Å². The van der Waals surface area contributed by atoms with Gasteiger partial charge < -0.3 is 15.0 Å². The first-order chi connectivity index (χ1) is 11.0. The minimum absolute atomic E-state index is 0.0435. The number of carbonyl (C=O) groups is 2. The summed E-state index contributed by atoms with van der Waals surface area (Å²) in [4.78, 5) is 27.9. The van der Waals surface area contributed by atoms with Crippen molar-refractivity contribution in [3.63, 3.8) is 0 Å². The number of rotatable bonds is 9. The van der Waals surface area contributed by atoms with Crippen LogP contribution in [0.1, 0.15) is 20.8 Å². The smallest absolute Gasteiger partial charge is 0.238 e. The van der Waals surface area contributed by atoms with Crippen molar-refractivity contribution in [2.45, 2.75) is 20.8 Å². The molecule has 0 radical (unpaired) electrons. The van der Waals surface area contributed by atoms with Crippen LogP contribution in [0.3, 0.4) is 0 Å². The van der Waals surface area contributed by atoms with Crippen LogP contribution < -0.4 is 10.1 Å². The summed E-state index contributed by atoms with van der Waals surface area (Å²) in [5, 5.41) is 2.83. The molecule has 0 aromatic heterocycles. The summed E-state index contributed by atoms with van der Waals surface area (Å²) in [7, 11) is 1.56. The summed E-state index contributed by atoms with van der Waals surface area (Å²) >= 11 is 0. The average molecular weight is 321 g/mol. The predicted octanol–water partition coefficient (Wildman–Crippen LogP) is 1.82. The van der Waals surface area contributed by atoms with E-state index in [9.17, 15) is 9.59 Å². The molecular weight excluding hydrogens is 294 g/mol. The monoisotopic (exact) mass is 321 g/mol. The number of ether oxygens (including phenoxy) is 1. The largest absolute Gasteiger partial charge is 0.495 e. The van der Waals surface area contributed by atoms with Crippen LogP contribution in [0.5, 0.6) is 5.75 Å². The maximum atomic E-state index is 12.2. The maximum Gasteiger partial charge on any atom is 0.238 e. The molecule has 0 unspecified atom stereocenters. The Morgan fingerprint density at radius 2 is 1.70 bits per heavy atom. The van der Waals surface area contributed by atoms with Crippen LogP contribution in [0, 0.1) is 0 Å². The van der Waals surface area contributed by atoms with Gasteiger partial charge in [0.25, 0.3) is 0 Å². The summed E-state index contributed by atoms with van der Waals surface area (Å²) in [6, 6.07) is 7.25. The Hall–Kier alpha value is -2.08.